The molecule has 7 nitrogen and oxygen atoms in total. The average Bonchev–Trinajstić information content (AvgIpc) is 2.92. The van der Waals surface area contributed by atoms with Gasteiger partial charge in [-0.15, -0.1) is 0 Å². The van der Waals surface area contributed by atoms with Gasteiger partial charge in [-0.1, -0.05) is 73.1 Å². The maximum absolute atomic E-state index is 11.4. The Balaban J connectivity index is 1.32. The number of hydrogen-bond donors (Lipinski definition) is 5. The van der Waals surface area contributed by atoms with Gasteiger partial charge in [-0.2, -0.15) is 0 Å². The van der Waals surface area contributed by atoms with Crippen LogP contribution in [0, 0.1) is 44.3 Å². The fourth-order valence-electron chi connectivity index (χ4n) is 11.6. The number of rotatable bonds is 3. The van der Waals surface area contributed by atoms with E-state index in [-0.39, 0.29) is 44.7 Å². The normalized spacial score (nSPS) is 53.8. The molecule has 43 heavy (non-hydrogen) atoms. The van der Waals surface area contributed by atoms with Gasteiger partial charge in [0.2, 0.25) is 0 Å². The van der Waals surface area contributed by atoms with Crippen LogP contribution >= 0.6 is 0 Å². The molecule has 1 aliphatic heterocycles. The van der Waals surface area contributed by atoms with Crippen molar-refractivity contribution in [2.24, 2.45) is 44.3 Å². The molecule has 0 aromatic rings. The SMILES string of the molecule is CC1(C)CC2=C3C=C[C@@H]4[C@@]5(C)CCC(O[C@@H]6O[C@H](CO)[C@@H](O)[C@H](O)[C@H]6O)C(C)(C)[C@@H]5CC[C@@]4(C)[C@]3(C)CC[C@@]2(C)C(O)C1. The van der Waals surface area contributed by atoms with Gasteiger partial charge in [0.15, 0.2) is 6.29 Å². The highest BCUT2D eigenvalue weighted by Gasteiger charge is 2.67. The first-order valence-electron chi connectivity index (χ1n) is 16.9. The Morgan fingerprint density at radius 2 is 1.56 bits per heavy atom. The minimum atomic E-state index is -1.44. The third kappa shape index (κ3) is 4.38. The summed E-state index contributed by atoms with van der Waals surface area (Å²) in [5.41, 5.74) is 2.97. The quantitative estimate of drug-likeness (QED) is 0.292. The number of hydrogen-bond acceptors (Lipinski definition) is 7. The number of fused-ring (bicyclic) bond motifs is 6. The fourth-order valence-corrected chi connectivity index (χ4v) is 11.6. The van der Waals surface area contributed by atoms with E-state index in [1.54, 1.807) is 0 Å². The van der Waals surface area contributed by atoms with Gasteiger partial charge in [0.1, 0.15) is 24.4 Å². The molecule has 5 aliphatic carbocycles. The van der Waals surface area contributed by atoms with E-state index in [1.807, 2.05) is 0 Å². The van der Waals surface area contributed by atoms with Crippen molar-refractivity contribution in [3.63, 3.8) is 0 Å². The first-order chi connectivity index (χ1) is 19.9. The first-order valence-corrected chi connectivity index (χ1v) is 16.9. The highest BCUT2D eigenvalue weighted by molar-refractivity contribution is 5.46. The van der Waals surface area contributed by atoms with Crippen molar-refractivity contribution in [1.29, 1.82) is 0 Å². The summed E-state index contributed by atoms with van der Waals surface area (Å²) in [7, 11) is 0. The van der Waals surface area contributed by atoms with Crippen molar-refractivity contribution in [3.05, 3.63) is 23.3 Å². The number of aliphatic hydroxyl groups is 5. The Morgan fingerprint density at radius 3 is 2.23 bits per heavy atom. The lowest BCUT2D eigenvalue weighted by Gasteiger charge is -2.70. The molecular formula is C36H58O7. The van der Waals surface area contributed by atoms with Gasteiger partial charge in [-0.05, 0) is 95.9 Å². The predicted molar refractivity (Wildman–Crippen MR) is 165 cm³/mol. The molecule has 0 radical (unpaired) electrons. The molecule has 3 saturated carbocycles. The molecule has 6 aliphatic rings. The Morgan fingerprint density at radius 1 is 0.860 bits per heavy atom. The number of allylic oxidation sites excluding steroid dienone is 3. The van der Waals surface area contributed by atoms with Crippen LogP contribution in [-0.4, -0.2) is 75.1 Å². The third-order valence-electron chi connectivity index (χ3n) is 14.6. The van der Waals surface area contributed by atoms with E-state index in [0.717, 1.165) is 51.4 Å². The number of aliphatic hydroxyl groups excluding tert-OH is 5. The Hall–Kier alpha value is -0.800. The zero-order valence-electron chi connectivity index (χ0n) is 27.8. The second kappa shape index (κ2) is 10.1. The van der Waals surface area contributed by atoms with Crippen molar-refractivity contribution in [3.8, 4) is 0 Å². The molecule has 6 rings (SSSR count). The molecule has 5 N–H and O–H groups in total. The monoisotopic (exact) mass is 602 g/mol. The Bertz CT molecular complexity index is 1170. The lowest BCUT2D eigenvalue weighted by atomic mass is 9.35. The van der Waals surface area contributed by atoms with E-state index in [9.17, 15) is 25.5 Å². The Labute approximate surface area is 258 Å². The van der Waals surface area contributed by atoms with Crippen molar-refractivity contribution >= 4 is 0 Å². The van der Waals surface area contributed by atoms with Crippen LogP contribution in [0.3, 0.4) is 0 Å². The van der Waals surface area contributed by atoms with Crippen LogP contribution in [0.25, 0.3) is 0 Å². The maximum atomic E-state index is 11.4. The summed E-state index contributed by atoms with van der Waals surface area (Å²) in [6.45, 7) is 18.6. The second-order valence-corrected chi connectivity index (χ2v) is 17.7. The van der Waals surface area contributed by atoms with Crippen LogP contribution < -0.4 is 0 Å². The van der Waals surface area contributed by atoms with E-state index >= 15 is 0 Å². The Kier molecular flexibility index (Phi) is 7.55. The first kappa shape index (κ1) is 32.2. The molecule has 244 valence electrons. The van der Waals surface area contributed by atoms with Crippen LogP contribution in [0.4, 0.5) is 0 Å². The van der Waals surface area contributed by atoms with Crippen molar-refractivity contribution in [2.75, 3.05) is 6.61 Å². The standard InChI is InChI=1S/C36H58O7/c1-31(2)17-21-20-9-10-24-34(6)13-12-26(43-30-29(41)28(40)27(39)22(19-37)42-30)32(3,4)23(34)11-14-36(24,8)35(20,7)16-15-33(21,5)25(38)18-31/h9-10,22-30,37-41H,11-19H2,1-8H3/t22-,23+,24-,25?,26?,27-,28+,29-,30+,33-,34+,35-,36-/m1/s1. The van der Waals surface area contributed by atoms with Gasteiger partial charge < -0.3 is 35.0 Å². The molecule has 0 aromatic carbocycles. The van der Waals surface area contributed by atoms with Crippen LogP contribution in [0.5, 0.6) is 0 Å². The minimum Gasteiger partial charge on any atom is -0.394 e. The fraction of sp³-hybridized carbons (Fsp3) is 0.889. The summed E-state index contributed by atoms with van der Waals surface area (Å²) in [6.07, 6.45) is 6.30. The van der Waals surface area contributed by atoms with Gasteiger partial charge in [0.05, 0.1) is 18.8 Å². The van der Waals surface area contributed by atoms with Crippen LogP contribution in [-0.2, 0) is 9.47 Å². The van der Waals surface area contributed by atoms with Gasteiger partial charge >= 0.3 is 0 Å². The molecule has 2 unspecified atom stereocenters. The summed E-state index contributed by atoms with van der Waals surface area (Å²) in [4.78, 5) is 0. The van der Waals surface area contributed by atoms with Gasteiger partial charge in [0, 0.05) is 5.41 Å². The molecule has 1 heterocycles. The van der Waals surface area contributed by atoms with Crippen LogP contribution in [0.15, 0.2) is 23.3 Å². The molecule has 0 aromatic heterocycles. The summed E-state index contributed by atoms with van der Waals surface area (Å²) >= 11 is 0. The average molecular weight is 603 g/mol. The molecule has 0 bridgehead atoms. The van der Waals surface area contributed by atoms with E-state index < -0.39 is 37.3 Å². The molecule has 7 heteroatoms. The van der Waals surface area contributed by atoms with Crippen molar-refractivity contribution < 1.29 is 35.0 Å². The zero-order chi connectivity index (χ0) is 31.5. The zero-order valence-corrected chi connectivity index (χ0v) is 27.8. The van der Waals surface area contributed by atoms with Crippen molar-refractivity contribution in [2.45, 2.75) is 150 Å². The maximum Gasteiger partial charge on any atom is 0.186 e. The van der Waals surface area contributed by atoms with Gasteiger partial charge in [0.25, 0.3) is 0 Å². The van der Waals surface area contributed by atoms with Crippen LogP contribution in [0.2, 0.25) is 0 Å². The van der Waals surface area contributed by atoms with Crippen molar-refractivity contribution in [1.82, 2.24) is 0 Å². The summed E-state index contributed by atoms with van der Waals surface area (Å²) in [5, 5.41) is 52.4. The minimum absolute atomic E-state index is 0.0518. The smallest absolute Gasteiger partial charge is 0.186 e. The lowest BCUT2D eigenvalue weighted by Crippen LogP contribution is -2.65. The van der Waals surface area contributed by atoms with E-state index in [0.29, 0.717) is 11.8 Å². The number of ether oxygens (including phenoxy) is 2. The van der Waals surface area contributed by atoms with Gasteiger partial charge in [-0.25, -0.2) is 0 Å². The third-order valence-corrected chi connectivity index (χ3v) is 14.6. The van der Waals surface area contributed by atoms with E-state index in [2.05, 4.69) is 67.5 Å². The summed E-state index contributed by atoms with van der Waals surface area (Å²) in [5.74, 6) is 0.792. The highest BCUT2D eigenvalue weighted by atomic mass is 16.7. The van der Waals surface area contributed by atoms with E-state index in [1.165, 1.54) is 11.1 Å². The van der Waals surface area contributed by atoms with E-state index in [4.69, 9.17) is 9.47 Å². The molecular weight excluding hydrogens is 544 g/mol. The molecule has 4 fully saturated rings. The predicted octanol–water partition coefficient (Wildman–Crippen LogP) is 4.88. The van der Waals surface area contributed by atoms with Crippen LogP contribution in [0.1, 0.15) is 107 Å². The largest absolute Gasteiger partial charge is 0.394 e. The molecule has 0 spiro atoms. The summed E-state index contributed by atoms with van der Waals surface area (Å²) in [6, 6.07) is 0. The topological polar surface area (TPSA) is 120 Å². The molecule has 13 atom stereocenters. The highest BCUT2D eigenvalue weighted by Crippen LogP contribution is 2.74. The second-order valence-electron chi connectivity index (χ2n) is 17.7. The molecule has 1 saturated heterocycles. The molecule has 0 amide bonds. The lowest BCUT2D eigenvalue weighted by molar-refractivity contribution is -0.329. The van der Waals surface area contributed by atoms with Gasteiger partial charge in [-0.3, -0.25) is 0 Å². The summed E-state index contributed by atoms with van der Waals surface area (Å²) < 4.78 is 12.2.